The van der Waals surface area contributed by atoms with Gasteiger partial charge in [0, 0.05) is 11.3 Å². The van der Waals surface area contributed by atoms with Crippen molar-refractivity contribution in [2.75, 3.05) is 19.5 Å². The molecule has 2 aromatic carbocycles. The minimum absolute atomic E-state index is 0.225. The van der Waals surface area contributed by atoms with Gasteiger partial charge >= 0.3 is 6.03 Å². The normalized spacial score (nSPS) is 10.5. The Bertz CT molecular complexity index is 752. The second-order valence-corrected chi connectivity index (χ2v) is 5.30. The first-order valence-electron chi connectivity index (χ1n) is 6.82. The number of carbonyl (C=O) groups is 1. The molecule has 0 aliphatic heterocycles. The van der Waals surface area contributed by atoms with Gasteiger partial charge in [-0.15, -0.1) is 0 Å². The van der Waals surface area contributed by atoms with Gasteiger partial charge in [0.25, 0.3) is 0 Å². The van der Waals surface area contributed by atoms with Crippen LogP contribution in [-0.2, 0) is 0 Å². The van der Waals surface area contributed by atoms with Crippen molar-refractivity contribution in [1.29, 1.82) is 0 Å². The summed E-state index contributed by atoms with van der Waals surface area (Å²) >= 11 is 12.3. The molecule has 8 heteroatoms. The lowest BCUT2D eigenvalue weighted by Crippen LogP contribution is -2.24. The molecule has 0 aliphatic rings. The predicted octanol–water partition coefficient (Wildman–Crippen LogP) is 4.17. The van der Waals surface area contributed by atoms with Crippen LogP contribution in [-0.4, -0.2) is 26.5 Å². The number of hydrogen-bond donors (Lipinski definition) is 2. The van der Waals surface area contributed by atoms with Gasteiger partial charge < -0.3 is 14.8 Å². The van der Waals surface area contributed by atoms with Gasteiger partial charge in [-0.2, -0.15) is 5.10 Å². The predicted molar refractivity (Wildman–Crippen MR) is 95.8 cm³/mol. The SMILES string of the molecule is COc1c(Cl)cc(/C=N/NC(=O)Nc2ccccc2)c(OC)c1Cl. The number of amides is 2. The number of rotatable bonds is 5. The lowest BCUT2D eigenvalue weighted by Gasteiger charge is -2.12. The van der Waals surface area contributed by atoms with E-state index in [-0.39, 0.29) is 5.02 Å². The Hall–Kier alpha value is -2.44. The average molecular weight is 368 g/mol. The second kappa shape index (κ2) is 8.42. The highest BCUT2D eigenvalue weighted by atomic mass is 35.5. The van der Waals surface area contributed by atoms with Crippen LogP contribution in [0.25, 0.3) is 0 Å². The molecular formula is C16H15Cl2N3O3. The monoisotopic (exact) mass is 367 g/mol. The maximum absolute atomic E-state index is 11.8. The summed E-state index contributed by atoms with van der Waals surface area (Å²) in [7, 11) is 2.91. The Balaban J connectivity index is 2.10. The number of methoxy groups -OCH3 is 2. The molecule has 126 valence electrons. The molecule has 2 N–H and O–H groups in total. The van der Waals surface area contributed by atoms with Crippen molar-refractivity contribution in [2.45, 2.75) is 0 Å². The first-order chi connectivity index (χ1) is 11.6. The summed E-state index contributed by atoms with van der Waals surface area (Å²) in [5.74, 6) is 0.647. The van der Waals surface area contributed by atoms with Gasteiger partial charge in [-0.25, -0.2) is 10.2 Å². The minimum atomic E-state index is -0.484. The van der Waals surface area contributed by atoms with Gasteiger partial charge in [-0.1, -0.05) is 41.4 Å². The van der Waals surface area contributed by atoms with Crippen molar-refractivity contribution in [2.24, 2.45) is 5.10 Å². The van der Waals surface area contributed by atoms with Crippen LogP contribution < -0.4 is 20.2 Å². The molecule has 0 radical (unpaired) electrons. The Morgan fingerprint density at radius 3 is 2.42 bits per heavy atom. The number of para-hydroxylation sites is 1. The zero-order valence-corrected chi connectivity index (χ0v) is 14.5. The number of halogens is 2. The maximum Gasteiger partial charge on any atom is 0.339 e. The van der Waals surface area contributed by atoms with E-state index in [4.69, 9.17) is 32.7 Å². The van der Waals surface area contributed by atoms with Crippen molar-refractivity contribution in [3.8, 4) is 11.5 Å². The quantitative estimate of drug-likeness (QED) is 0.615. The number of ether oxygens (including phenoxy) is 2. The van der Waals surface area contributed by atoms with Gasteiger partial charge in [0.05, 0.1) is 25.5 Å². The third-order valence-electron chi connectivity index (χ3n) is 2.97. The molecule has 0 saturated heterocycles. The molecule has 6 nitrogen and oxygen atoms in total. The zero-order valence-electron chi connectivity index (χ0n) is 13.0. The van der Waals surface area contributed by atoms with Crippen LogP contribution in [0.15, 0.2) is 41.5 Å². The van der Waals surface area contributed by atoms with Crippen molar-refractivity contribution < 1.29 is 14.3 Å². The van der Waals surface area contributed by atoms with Crippen LogP contribution in [0.1, 0.15) is 5.56 Å². The molecule has 0 aromatic heterocycles. The van der Waals surface area contributed by atoms with E-state index in [2.05, 4.69) is 15.8 Å². The molecule has 0 bridgehead atoms. The Morgan fingerprint density at radius 2 is 1.79 bits per heavy atom. The molecule has 0 fully saturated rings. The number of hydrogen-bond acceptors (Lipinski definition) is 4. The molecule has 0 unspecified atom stereocenters. The number of anilines is 1. The summed E-state index contributed by atoms with van der Waals surface area (Å²) < 4.78 is 10.4. The minimum Gasteiger partial charge on any atom is -0.494 e. The summed E-state index contributed by atoms with van der Waals surface area (Å²) in [6, 6.07) is 10.1. The zero-order chi connectivity index (χ0) is 17.5. The second-order valence-electron chi connectivity index (χ2n) is 4.52. The third-order valence-corrected chi connectivity index (χ3v) is 3.59. The molecule has 24 heavy (non-hydrogen) atoms. The first kappa shape index (κ1) is 17.9. The molecule has 2 aromatic rings. The van der Waals surface area contributed by atoms with Gasteiger partial charge in [0.15, 0.2) is 5.75 Å². The highest BCUT2D eigenvalue weighted by molar-refractivity contribution is 6.38. The lowest BCUT2D eigenvalue weighted by atomic mass is 10.2. The number of hydrazone groups is 1. The van der Waals surface area contributed by atoms with E-state index in [9.17, 15) is 4.79 Å². The van der Waals surface area contributed by atoms with E-state index in [1.807, 2.05) is 18.2 Å². The van der Waals surface area contributed by atoms with Crippen molar-refractivity contribution in [3.63, 3.8) is 0 Å². The maximum atomic E-state index is 11.8. The highest BCUT2D eigenvalue weighted by Crippen LogP contribution is 2.41. The molecule has 0 heterocycles. The van der Waals surface area contributed by atoms with Crippen LogP contribution in [0, 0.1) is 0 Å². The summed E-state index contributed by atoms with van der Waals surface area (Å²) in [5, 5.41) is 7.02. The van der Waals surface area contributed by atoms with E-state index in [0.29, 0.717) is 27.8 Å². The lowest BCUT2D eigenvalue weighted by molar-refractivity contribution is 0.252. The number of urea groups is 1. The van der Waals surface area contributed by atoms with E-state index in [0.717, 1.165) is 0 Å². The smallest absolute Gasteiger partial charge is 0.339 e. The number of benzene rings is 2. The fraction of sp³-hybridized carbons (Fsp3) is 0.125. The summed E-state index contributed by atoms with van der Waals surface area (Å²) in [4.78, 5) is 11.8. The average Bonchev–Trinajstić information content (AvgIpc) is 2.56. The molecule has 0 atom stereocenters. The van der Waals surface area contributed by atoms with Gasteiger partial charge in [-0.3, -0.25) is 0 Å². The summed E-state index contributed by atoms with van der Waals surface area (Å²) in [5.41, 5.74) is 3.49. The molecule has 0 spiro atoms. The summed E-state index contributed by atoms with van der Waals surface area (Å²) in [6.07, 6.45) is 1.38. The van der Waals surface area contributed by atoms with Crippen LogP contribution in [0.3, 0.4) is 0 Å². The van der Waals surface area contributed by atoms with Crippen molar-refractivity contribution in [1.82, 2.24) is 5.43 Å². The Kier molecular flexibility index (Phi) is 6.28. The molecule has 0 aliphatic carbocycles. The number of nitrogens with one attached hydrogen (secondary N) is 2. The van der Waals surface area contributed by atoms with Crippen LogP contribution in [0.5, 0.6) is 11.5 Å². The highest BCUT2D eigenvalue weighted by Gasteiger charge is 2.16. The Labute approximate surface area is 149 Å². The Morgan fingerprint density at radius 1 is 1.12 bits per heavy atom. The van der Waals surface area contributed by atoms with E-state index < -0.39 is 6.03 Å². The summed E-state index contributed by atoms with van der Waals surface area (Å²) in [6.45, 7) is 0. The van der Waals surface area contributed by atoms with Crippen molar-refractivity contribution in [3.05, 3.63) is 52.0 Å². The van der Waals surface area contributed by atoms with E-state index >= 15 is 0 Å². The molecule has 0 saturated carbocycles. The number of nitrogens with zero attached hydrogens (tertiary/aromatic N) is 1. The molecular weight excluding hydrogens is 353 g/mol. The topological polar surface area (TPSA) is 72.0 Å². The van der Waals surface area contributed by atoms with Gasteiger partial charge in [0.1, 0.15) is 10.8 Å². The largest absolute Gasteiger partial charge is 0.494 e. The fourth-order valence-electron chi connectivity index (χ4n) is 1.93. The fourth-order valence-corrected chi connectivity index (χ4v) is 2.64. The van der Waals surface area contributed by atoms with Crippen LogP contribution >= 0.6 is 23.2 Å². The standard InChI is InChI=1S/C16H15Cl2N3O3/c1-23-14-10(8-12(17)15(24-2)13(14)18)9-19-21-16(22)20-11-6-4-3-5-7-11/h3-9H,1-2H3,(H2,20,21,22)/b19-9+. The van der Waals surface area contributed by atoms with E-state index in [1.165, 1.54) is 20.4 Å². The molecule has 2 rings (SSSR count). The van der Waals surface area contributed by atoms with Crippen molar-refractivity contribution >= 4 is 41.1 Å². The van der Waals surface area contributed by atoms with Crippen LogP contribution in [0.4, 0.5) is 10.5 Å². The van der Waals surface area contributed by atoms with E-state index in [1.54, 1.807) is 18.2 Å². The van der Waals surface area contributed by atoms with Gasteiger partial charge in [-0.05, 0) is 18.2 Å². The first-order valence-corrected chi connectivity index (χ1v) is 7.57. The number of carbonyl (C=O) groups excluding carboxylic acids is 1. The van der Waals surface area contributed by atoms with Gasteiger partial charge in [0.2, 0.25) is 0 Å². The molecule has 2 amide bonds. The van der Waals surface area contributed by atoms with Crippen LogP contribution in [0.2, 0.25) is 10.0 Å². The third kappa shape index (κ3) is 4.31.